The van der Waals surface area contributed by atoms with Gasteiger partial charge in [0.2, 0.25) is 5.88 Å². The highest BCUT2D eigenvalue weighted by atomic mass is 16.5. The van der Waals surface area contributed by atoms with E-state index in [1.54, 1.807) is 24.6 Å². The second-order valence-corrected chi connectivity index (χ2v) is 8.11. The molecule has 7 nitrogen and oxygen atoms in total. The minimum atomic E-state index is -0.0896. The predicted molar refractivity (Wildman–Crippen MR) is 106 cm³/mol. The highest BCUT2D eigenvalue weighted by molar-refractivity contribution is 5.91. The lowest BCUT2D eigenvalue weighted by Gasteiger charge is -2.52. The molecule has 2 aromatic rings. The molecule has 0 unspecified atom stereocenters. The summed E-state index contributed by atoms with van der Waals surface area (Å²) in [5, 5.41) is 0. The molecule has 2 aromatic heterocycles. The average molecular weight is 397 g/mol. The minimum Gasteiger partial charge on any atom is -0.472 e. The van der Waals surface area contributed by atoms with Gasteiger partial charge in [-0.3, -0.25) is 9.69 Å². The normalized spacial score (nSPS) is 30.1. The van der Waals surface area contributed by atoms with E-state index >= 15 is 0 Å². The number of hydrogen-bond acceptors (Lipinski definition) is 6. The van der Waals surface area contributed by atoms with Crippen LogP contribution in [0.1, 0.15) is 29.8 Å². The van der Waals surface area contributed by atoms with E-state index in [9.17, 15) is 4.79 Å². The molecule has 4 heterocycles. The molecule has 5 rings (SSSR count). The van der Waals surface area contributed by atoms with Crippen LogP contribution in [0.25, 0.3) is 0 Å². The first-order chi connectivity index (χ1) is 14.3. The van der Waals surface area contributed by atoms with Gasteiger partial charge in [0.1, 0.15) is 6.10 Å². The molecular formula is C22H27N3O4. The van der Waals surface area contributed by atoms with Crippen molar-refractivity contribution in [3.63, 3.8) is 0 Å². The number of piperidine rings is 1. The molecule has 1 aliphatic carbocycles. The molecule has 2 aliphatic heterocycles. The van der Waals surface area contributed by atoms with Gasteiger partial charge in [-0.2, -0.15) is 0 Å². The van der Waals surface area contributed by atoms with Crippen molar-refractivity contribution in [2.45, 2.75) is 37.5 Å². The van der Waals surface area contributed by atoms with Crippen molar-refractivity contribution >= 4 is 5.91 Å². The quantitative estimate of drug-likeness (QED) is 0.790. The molecule has 3 fully saturated rings. The SMILES string of the molecule is O=C(c1ccco1)N1C[C@H](Oc2ccccn2)[C@H]2C[C@@H]1CC[C@H]2N1CCOCC1. The van der Waals surface area contributed by atoms with Crippen molar-refractivity contribution in [2.24, 2.45) is 5.92 Å². The van der Waals surface area contributed by atoms with Crippen molar-refractivity contribution in [2.75, 3.05) is 32.8 Å². The summed E-state index contributed by atoms with van der Waals surface area (Å²) in [6, 6.07) is 9.90. The average Bonchev–Trinajstić information content (AvgIpc) is 3.32. The molecule has 0 aromatic carbocycles. The van der Waals surface area contributed by atoms with E-state index in [0.29, 0.717) is 30.1 Å². The highest BCUT2D eigenvalue weighted by Crippen LogP contribution is 2.40. The number of ether oxygens (including phenoxy) is 2. The lowest BCUT2D eigenvalue weighted by molar-refractivity contribution is -0.0747. The summed E-state index contributed by atoms with van der Waals surface area (Å²) < 4.78 is 17.3. The third kappa shape index (κ3) is 3.76. The van der Waals surface area contributed by atoms with Crippen LogP contribution in [0.3, 0.4) is 0 Å². The zero-order valence-electron chi connectivity index (χ0n) is 16.5. The molecule has 2 saturated heterocycles. The van der Waals surface area contributed by atoms with Gasteiger partial charge in [0.25, 0.3) is 5.91 Å². The van der Waals surface area contributed by atoms with Crippen LogP contribution >= 0.6 is 0 Å². The van der Waals surface area contributed by atoms with Gasteiger partial charge in [-0.15, -0.1) is 0 Å². The Kier molecular flexibility index (Phi) is 5.24. The van der Waals surface area contributed by atoms with Crippen molar-refractivity contribution in [3.05, 3.63) is 48.6 Å². The largest absolute Gasteiger partial charge is 0.472 e. The van der Waals surface area contributed by atoms with Gasteiger partial charge in [0, 0.05) is 43.4 Å². The lowest BCUT2D eigenvalue weighted by Crippen LogP contribution is -2.63. The Labute approximate surface area is 170 Å². The van der Waals surface area contributed by atoms with E-state index in [0.717, 1.165) is 45.6 Å². The number of likely N-dealkylation sites (tertiary alicyclic amines) is 1. The molecule has 1 amide bonds. The van der Waals surface area contributed by atoms with Gasteiger partial charge >= 0.3 is 0 Å². The van der Waals surface area contributed by atoms with Crippen LogP contribution in [-0.2, 0) is 4.74 Å². The molecule has 0 N–H and O–H groups in total. The molecule has 1 saturated carbocycles. The highest BCUT2D eigenvalue weighted by Gasteiger charge is 2.48. The Morgan fingerprint density at radius 2 is 2.03 bits per heavy atom. The minimum absolute atomic E-state index is 0.0436. The summed E-state index contributed by atoms with van der Waals surface area (Å²) in [6.45, 7) is 4.09. The molecule has 29 heavy (non-hydrogen) atoms. The molecule has 0 radical (unpaired) electrons. The standard InChI is InChI=1S/C22H27N3O4/c26-22(19-4-3-11-28-19)25-15-20(29-21-5-1-2-8-23-21)17-14-16(25)6-7-18(17)24-9-12-27-13-10-24/h1-5,8,11,16-18,20H,6-7,9-10,12-15H2/t16-,17-,18+,20-/m0/s1. The maximum Gasteiger partial charge on any atom is 0.289 e. The number of furan rings is 1. The van der Waals surface area contributed by atoms with Crippen LogP contribution in [0.4, 0.5) is 0 Å². The summed E-state index contributed by atoms with van der Waals surface area (Å²) in [5.74, 6) is 1.34. The van der Waals surface area contributed by atoms with Gasteiger partial charge in [-0.1, -0.05) is 6.07 Å². The van der Waals surface area contributed by atoms with Gasteiger partial charge in [0.05, 0.1) is 26.0 Å². The van der Waals surface area contributed by atoms with Crippen molar-refractivity contribution in [3.8, 4) is 5.88 Å². The van der Waals surface area contributed by atoms with Gasteiger partial charge in [-0.05, 0) is 37.5 Å². The number of rotatable bonds is 4. The fourth-order valence-corrected chi connectivity index (χ4v) is 5.18. The van der Waals surface area contributed by atoms with E-state index in [2.05, 4.69) is 9.88 Å². The number of aromatic nitrogens is 1. The molecule has 4 atom stereocenters. The maximum atomic E-state index is 13.1. The molecule has 2 bridgehead atoms. The first kappa shape index (κ1) is 18.6. The topological polar surface area (TPSA) is 68.0 Å². The molecule has 7 heteroatoms. The summed E-state index contributed by atoms with van der Waals surface area (Å²) in [5.41, 5.74) is 0. The van der Waals surface area contributed by atoms with Gasteiger partial charge in [-0.25, -0.2) is 4.98 Å². The second kappa shape index (κ2) is 8.16. The van der Waals surface area contributed by atoms with Crippen LogP contribution in [0.2, 0.25) is 0 Å². The Morgan fingerprint density at radius 1 is 1.14 bits per heavy atom. The first-order valence-electron chi connectivity index (χ1n) is 10.5. The number of amides is 1. The zero-order valence-corrected chi connectivity index (χ0v) is 16.5. The fourth-order valence-electron chi connectivity index (χ4n) is 5.18. The van der Waals surface area contributed by atoms with Crippen LogP contribution in [-0.4, -0.2) is 71.7 Å². The molecular weight excluding hydrogens is 370 g/mol. The Hall–Kier alpha value is -2.38. The monoisotopic (exact) mass is 397 g/mol. The Balaban J connectivity index is 1.40. The number of carbonyl (C=O) groups is 1. The summed E-state index contributed by atoms with van der Waals surface area (Å²) in [4.78, 5) is 21.9. The molecule has 3 aliphatic rings. The van der Waals surface area contributed by atoms with Crippen LogP contribution in [0, 0.1) is 5.92 Å². The number of morpholine rings is 1. The lowest BCUT2D eigenvalue weighted by atomic mass is 9.73. The Morgan fingerprint density at radius 3 is 2.79 bits per heavy atom. The van der Waals surface area contributed by atoms with Crippen molar-refractivity contribution in [1.82, 2.24) is 14.8 Å². The number of pyridine rings is 1. The molecule has 154 valence electrons. The number of carbonyl (C=O) groups excluding carboxylic acids is 1. The smallest absolute Gasteiger partial charge is 0.289 e. The second-order valence-electron chi connectivity index (χ2n) is 8.11. The number of nitrogens with zero attached hydrogens (tertiary/aromatic N) is 3. The van der Waals surface area contributed by atoms with E-state index in [1.165, 1.54) is 0 Å². The molecule has 0 spiro atoms. The van der Waals surface area contributed by atoms with Crippen LogP contribution in [0.5, 0.6) is 5.88 Å². The van der Waals surface area contributed by atoms with Gasteiger partial charge in [0.15, 0.2) is 5.76 Å². The third-order valence-electron chi connectivity index (χ3n) is 6.55. The summed E-state index contributed by atoms with van der Waals surface area (Å²) in [6.07, 6.45) is 6.24. The number of fused-ring (bicyclic) bond motifs is 2. The third-order valence-corrected chi connectivity index (χ3v) is 6.55. The Bertz CT molecular complexity index is 807. The van der Waals surface area contributed by atoms with E-state index in [1.807, 2.05) is 23.1 Å². The van der Waals surface area contributed by atoms with E-state index in [-0.39, 0.29) is 18.1 Å². The fraction of sp³-hybridized carbons (Fsp3) is 0.545. The summed E-state index contributed by atoms with van der Waals surface area (Å²) in [7, 11) is 0. The first-order valence-corrected chi connectivity index (χ1v) is 10.5. The number of hydrogen-bond donors (Lipinski definition) is 0. The van der Waals surface area contributed by atoms with E-state index < -0.39 is 0 Å². The summed E-state index contributed by atoms with van der Waals surface area (Å²) >= 11 is 0. The van der Waals surface area contributed by atoms with Crippen LogP contribution < -0.4 is 4.74 Å². The van der Waals surface area contributed by atoms with Gasteiger partial charge < -0.3 is 18.8 Å². The van der Waals surface area contributed by atoms with Crippen molar-refractivity contribution in [1.29, 1.82) is 0 Å². The maximum absolute atomic E-state index is 13.1. The van der Waals surface area contributed by atoms with E-state index in [4.69, 9.17) is 13.9 Å². The van der Waals surface area contributed by atoms with Crippen LogP contribution in [0.15, 0.2) is 47.2 Å². The van der Waals surface area contributed by atoms with Crippen molar-refractivity contribution < 1.29 is 18.7 Å². The predicted octanol–water partition coefficient (Wildman–Crippen LogP) is 2.45. The zero-order chi connectivity index (χ0) is 19.6.